The summed E-state index contributed by atoms with van der Waals surface area (Å²) in [6.45, 7) is 0. The quantitative estimate of drug-likeness (QED) is 0.389. The molecule has 0 bridgehead atoms. The van der Waals surface area contributed by atoms with Crippen molar-refractivity contribution in [1.82, 2.24) is 0 Å². The molecular weight excluding hydrogens is 202 g/mol. The smallest absolute Gasteiger partial charge is 1.00 e. The fourth-order valence-electron chi connectivity index (χ4n) is 1.04. The van der Waals surface area contributed by atoms with Crippen LogP contribution < -0.4 is 48.4 Å². The summed E-state index contributed by atoms with van der Waals surface area (Å²) >= 11 is 0. The largest absolute Gasteiger partial charge is 1.00 e. The number of carboxylic acids is 2. The van der Waals surface area contributed by atoms with E-state index in [0.717, 1.165) is 0 Å². The number of carbonyl (C=O) groups is 2. The first kappa shape index (κ1) is 17.2. The van der Waals surface area contributed by atoms with Crippen molar-refractivity contribution in [3.8, 4) is 0 Å². The van der Waals surface area contributed by atoms with Crippen molar-refractivity contribution in [1.29, 1.82) is 0 Å². The Hall–Kier alpha value is -0.243. The summed E-state index contributed by atoms with van der Waals surface area (Å²) in [6.07, 6.45) is 0. The van der Waals surface area contributed by atoms with Crippen LogP contribution in [0, 0.1) is 0 Å². The van der Waals surface area contributed by atoms with Crippen LogP contribution in [0.15, 0.2) is 30.3 Å². The molecule has 0 heterocycles. The molecule has 0 radical (unpaired) electrons. The van der Waals surface area contributed by atoms with E-state index in [1.54, 1.807) is 18.2 Å². The first-order valence-corrected chi connectivity index (χ1v) is 3.63. The van der Waals surface area contributed by atoms with Crippen LogP contribution in [-0.2, 0) is 9.59 Å². The molecular formula is C9H10LiNaO4. The average molecular weight is 212 g/mol. The molecule has 15 heavy (non-hydrogen) atoms. The number of hydrogen-bond donors (Lipinski definition) is 2. The first-order chi connectivity index (χ1) is 6.13. The normalized spacial score (nSPS) is 8.60. The van der Waals surface area contributed by atoms with Crippen molar-refractivity contribution in [3.05, 3.63) is 35.9 Å². The van der Waals surface area contributed by atoms with Gasteiger partial charge in [-0.1, -0.05) is 30.3 Å². The molecule has 0 spiro atoms. The van der Waals surface area contributed by atoms with Gasteiger partial charge >= 0.3 is 60.4 Å². The second kappa shape index (κ2) is 7.97. The minimum atomic E-state index is -1.47. The molecule has 6 heteroatoms. The van der Waals surface area contributed by atoms with Crippen LogP contribution in [0.4, 0.5) is 0 Å². The van der Waals surface area contributed by atoms with E-state index in [2.05, 4.69) is 0 Å². The number of aliphatic carboxylic acids is 2. The summed E-state index contributed by atoms with van der Waals surface area (Å²) < 4.78 is 0. The van der Waals surface area contributed by atoms with E-state index in [4.69, 9.17) is 10.2 Å². The maximum atomic E-state index is 10.6. The van der Waals surface area contributed by atoms with Gasteiger partial charge in [0.05, 0.1) is 0 Å². The molecule has 4 nitrogen and oxygen atoms in total. The molecule has 72 valence electrons. The minimum Gasteiger partial charge on any atom is -1.00 e. The molecule has 0 unspecified atom stereocenters. The van der Waals surface area contributed by atoms with Gasteiger partial charge < -0.3 is 13.1 Å². The van der Waals surface area contributed by atoms with Crippen LogP contribution in [0.2, 0.25) is 0 Å². The van der Waals surface area contributed by atoms with E-state index in [1.807, 2.05) is 0 Å². The second-order valence-electron chi connectivity index (χ2n) is 2.52. The number of benzene rings is 1. The molecule has 0 saturated heterocycles. The minimum absolute atomic E-state index is 0. The van der Waals surface area contributed by atoms with Crippen molar-refractivity contribution >= 4 is 11.9 Å². The van der Waals surface area contributed by atoms with Crippen LogP contribution in [0.25, 0.3) is 0 Å². The zero-order valence-corrected chi connectivity index (χ0v) is 10.7. The van der Waals surface area contributed by atoms with Gasteiger partial charge in [0.25, 0.3) is 0 Å². The monoisotopic (exact) mass is 212 g/mol. The fraction of sp³-hybridized carbons (Fsp3) is 0.111. The van der Waals surface area contributed by atoms with Crippen LogP contribution in [-0.4, -0.2) is 22.2 Å². The van der Waals surface area contributed by atoms with Gasteiger partial charge in [-0.05, 0) is 5.56 Å². The van der Waals surface area contributed by atoms with Gasteiger partial charge in [0, 0.05) is 0 Å². The van der Waals surface area contributed by atoms with Crippen LogP contribution in [0.3, 0.4) is 0 Å². The van der Waals surface area contributed by atoms with E-state index in [-0.39, 0.29) is 56.8 Å². The SMILES string of the molecule is O=C(O)C(C(=O)O)c1ccccc1.[H-].[H-].[Li+].[Na+]. The molecule has 0 saturated carbocycles. The Morgan fingerprint density at radius 3 is 1.80 bits per heavy atom. The molecule has 0 aliphatic rings. The number of carboxylic acid groups (broad SMARTS) is 2. The van der Waals surface area contributed by atoms with Crippen LogP contribution >= 0.6 is 0 Å². The van der Waals surface area contributed by atoms with Gasteiger partial charge in [0.2, 0.25) is 0 Å². The zero-order chi connectivity index (χ0) is 9.84. The second-order valence-corrected chi connectivity index (χ2v) is 2.52. The maximum absolute atomic E-state index is 10.6. The number of hydrogen-bond acceptors (Lipinski definition) is 2. The molecule has 1 aromatic rings. The summed E-state index contributed by atoms with van der Waals surface area (Å²) in [6, 6.07) is 7.87. The third kappa shape index (κ3) is 4.87. The third-order valence-corrected chi connectivity index (χ3v) is 1.63. The van der Waals surface area contributed by atoms with E-state index in [1.165, 1.54) is 12.1 Å². The topological polar surface area (TPSA) is 74.6 Å². The molecule has 1 aromatic carbocycles. The summed E-state index contributed by atoms with van der Waals surface area (Å²) in [5, 5.41) is 17.2. The molecule has 0 amide bonds. The summed E-state index contributed by atoms with van der Waals surface area (Å²) in [5.41, 5.74) is 0.280. The molecule has 1 rings (SSSR count). The fourth-order valence-corrected chi connectivity index (χ4v) is 1.04. The predicted molar refractivity (Wildman–Crippen MR) is 46.7 cm³/mol. The van der Waals surface area contributed by atoms with E-state index in [9.17, 15) is 9.59 Å². The van der Waals surface area contributed by atoms with E-state index < -0.39 is 17.9 Å². The summed E-state index contributed by atoms with van der Waals surface area (Å²) in [7, 11) is 0. The van der Waals surface area contributed by atoms with Gasteiger partial charge in [0.1, 0.15) is 0 Å². The first-order valence-electron chi connectivity index (χ1n) is 3.63. The van der Waals surface area contributed by atoms with Crippen molar-refractivity contribution in [2.24, 2.45) is 0 Å². The molecule has 2 N–H and O–H groups in total. The van der Waals surface area contributed by atoms with Crippen molar-refractivity contribution < 1.29 is 71.1 Å². The Bertz CT molecular complexity index is 323. The molecule has 0 aliphatic carbocycles. The van der Waals surface area contributed by atoms with Crippen molar-refractivity contribution in [2.45, 2.75) is 5.92 Å². The van der Waals surface area contributed by atoms with Gasteiger partial charge in [-0.3, -0.25) is 9.59 Å². The molecule has 0 aliphatic heterocycles. The van der Waals surface area contributed by atoms with Gasteiger partial charge in [0.15, 0.2) is 5.92 Å². The molecule has 0 fully saturated rings. The molecule has 0 aromatic heterocycles. The van der Waals surface area contributed by atoms with Crippen molar-refractivity contribution in [3.63, 3.8) is 0 Å². The maximum Gasteiger partial charge on any atom is 1.00 e. The Morgan fingerprint density at radius 2 is 1.47 bits per heavy atom. The Kier molecular flexibility index (Phi) is 9.12. The summed E-state index contributed by atoms with van der Waals surface area (Å²) in [5.74, 6) is -4.17. The Balaban J connectivity index is -0.000000211. The molecule has 0 atom stereocenters. The third-order valence-electron chi connectivity index (χ3n) is 1.63. The number of rotatable bonds is 3. The van der Waals surface area contributed by atoms with Crippen LogP contribution in [0.5, 0.6) is 0 Å². The van der Waals surface area contributed by atoms with E-state index in [0.29, 0.717) is 0 Å². The van der Waals surface area contributed by atoms with Crippen molar-refractivity contribution in [2.75, 3.05) is 0 Å². The average Bonchev–Trinajstić information content (AvgIpc) is 2.04. The Morgan fingerprint density at radius 1 is 1.07 bits per heavy atom. The zero-order valence-electron chi connectivity index (χ0n) is 10.7. The Labute approximate surface area is 124 Å². The standard InChI is InChI=1S/C9H8O4.Li.Na.2H/c10-8(11)7(9(12)13)6-4-2-1-3-5-6;;;;/h1-5,7H,(H,10,11)(H,12,13);;;;/q;2*+1;2*-1. The summed E-state index contributed by atoms with van der Waals surface area (Å²) in [4.78, 5) is 21.1. The van der Waals surface area contributed by atoms with Crippen LogP contribution in [0.1, 0.15) is 14.3 Å². The van der Waals surface area contributed by atoms with E-state index >= 15 is 0 Å². The predicted octanol–water partition coefficient (Wildman–Crippen LogP) is -4.83. The van der Waals surface area contributed by atoms with Gasteiger partial charge in [-0.2, -0.15) is 0 Å². The van der Waals surface area contributed by atoms with Gasteiger partial charge in [-0.25, -0.2) is 0 Å². The van der Waals surface area contributed by atoms with Gasteiger partial charge in [-0.15, -0.1) is 0 Å².